The van der Waals surface area contributed by atoms with E-state index in [9.17, 15) is 9.90 Å². The largest absolute Gasteiger partial charge is 0.382 e. The molecule has 3 nitrogen and oxygen atoms in total. The lowest BCUT2D eigenvalue weighted by atomic mass is 9.94. The molecule has 0 saturated heterocycles. The van der Waals surface area contributed by atoms with Crippen molar-refractivity contribution in [2.75, 3.05) is 0 Å². The van der Waals surface area contributed by atoms with Crippen LogP contribution in [0, 0.1) is 0 Å². The van der Waals surface area contributed by atoms with Crippen molar-refractivity contribution in [2.24, 2.45) is 0 Å². The third-order valence-electron chi connectivity index (χ3n) is 2.77. The second-order valence-corrected chi connectivity index (χ2v) is 4.78. The Bertz CT molecular complexity index is 315. The maximum Gasteiger partial charge on any atom is 0.169 e. The molecule has 1 aliphatic carbocycles. The van der Waals surface area contributed by atoms with Crippen LogP contribution in [-0.4, -0.2) is 21.5 Å². The number of carbonyl (C=O) groups is 1. The zero-order chi connectivity index (χ0) is 10.0. The first-order chi connectivity index (χ1) is 6.71. The van der Waals surface area contributed by atoms with Gasteiger partial charge < -0.3 is 5.11 Å². The molecule has 4 heteroatoms. The minimum atomic E-state index is -1.04. The summed E-state index contributed by atoms with van der Waals surface area (Å²) >= 11 is 1.47. The van der Waals surface area contributed by atoms with E-state index in [-0.39, 0.29) is 5.78 Å². The average molecular weight is 211 g/mol. The number of hydrogen-bond donors (Lipinski definition) is 1. The highest BCUT2D eigenvalue weighted by Gasteiger charge is 2.38. The Hall–Kier alpha value is -0.740. The van der Waals surface area contributed by atoms with Crippen molar-refractivity contribution < 1.29 is 9.90 Å². The van der Waals surface area contributed by atoms with Gasteiger partial charge in [0, 0.05) is 17.5 Å². The number of carbonyl (C=O) groups excluding carboxylic acids is 1. The summed E-state index contributed by atoms with van der Waals surface area (Å²) in [7, 11) is 0. The van der Waals surface area contributed by atoms with E-state index >= 15 is 0 Å². The molecule has 2 rings (SSSR count). The van der Waals surface area contributed by atoms with Gasteiger partial charge in [0.2, 0.25) is 0 Å². The molecule has 76 valence electrons. The topological polar surface area (TPSA) is 50.2 Å². The lowest BCUT2D eigenvalue weighted by Gasteiger charge is -2.19. The summed E-state index contributed by atoms with van der Waals surface area (Å²) in [6.45, 7) is 0. The number of Topliss-reactive ketones (excluding diaryl/α,β-unsaturated/α-hetero) is 1. The highest BCUT2D eigenvalue weighted by molar-refractivity contribution is 7.09. The van der Waals surface area contributed by atoms with Gasteiger partial charge in [0.15, 0.2) is 5.78 Å². The molecule has 0 unspecified atom stereocenters. The summed E-state index contributed by atoms with van der Waals surface area (Å²) in [5.41, 5.74) is 0.672. The van der Waals surface area contributed by atoms with E-state index in [1.54, 1.807) is 11.7 Å². The predicted molar refractivity (Wildman–Crippen MR) is 54.2 cm³/mol. The van der Waals surface area contributed by atoms with Crippen molar-refractivity contribution >= 4 is 17.1 Å². The Morgan fingerprint density at radius 1 is 1.57 bits per heavy atom. The molecule has 1 saturated carbocycles. The molecule has 0 bridgehead atoms. The molecule has 1 aromatic heterocycles. The Morgan fingerprint density at radius 2 is 2.29 bits per heavy atom. The van der Waals surface area contributed by atoms with Gasteiger partial charge in [0.25, 0.3) is 0 Å². The fraction of sp³-hybridized carbons (Fsp3) is 0.600. The first-order valence-corrected chi connectivity index (χ1v) is 5.72. The van der Waals surface area contributed by atoms with Crippen molar-refractivity contribution in [2.45, 2.75) is 37.7 Å². The lowest BCUT2D eigenvalue weighted by molar-refractivity contribution is -0.135. The molecule has 1 aromatic rings. The number of nitrogens with zero attached hydrogens (tertiary/aromatic N) is 1. The van der Waals surface area contributed by atoms with Gasteiger partial charge in [0.1, 0.15) is 5.60 Å². The first-order valence-electron chi connectivity index (χ1n) is 4.84. The second-order valence-electron chi connectivity index (χ2n) is 3.81. The number of aliphatic hydroxyl groups is 1. The Balaban J connectivity index is 2.02. The van der Waals surface area contributed by atoms with Crippen LogP contribution in [0.1, 0.15) is 30.6 Å². The van der Waals surface area contributed by atoms with Crippen LogP contribution in [0.2, 0.25) is 0 Å². The van der Waals surface area contributed by atoms with E-state index < -0.39 is 5.60 Å². The van der Waals surface area contributed by atoms with Gasteiger partial charge in [0.05, 0.1) is 5.51 Å². The van der Waals surface area contributed by atoms with E-state index in [4.69, 9.17) is 0 Å². The molecule has 0 aromatic carbocycles. The first kappa shape index (κ1) is 9.80. The molecule has 0 radical (unpaired) electrons. The van der Waals surface area contributed by atoms with Crippen molar-refractivity contribution in [3.05, 3.63) is 16.6 Å². The van der Waals surface area contributed by atoms with Crippen LogP contribution in [-0.2, 0) is 11.2 Å². The van der Waals surface area contributed by atoms with Gasteiger partial charge in [-0.1, -0.05) is 0 Å². The monoisotopic (exact) mass is 211 g/mol. The number of hydrogen-bond acceptors (Lipinski definition) is 4. The van der Waals surface area contributed by atoms with Gasteiger partial charge in [-0.2, -0.15) is 0 Å². The van der Waals surface area contributed by atoms with Gasteiger partial charge >= 0.3 is 0 Å². The molecular formula is C10H13NO2S. The van der Waals surface area contributed by atoms with Crippen LogP contribution in [0.3, 0.4) is 0 Å². The fourth-order valence-electron chi connectivity index (χ4n) is 1.89. The number of thiazole rings is 1. The molecule has 0 spiro atoms. The van der Waals surface area contributed by atoms with E-state index in [2.05, 4.69) is 4.98 Å². The molecular weight excluding hydrogens is 198 g/mol. The average Bonchev–Trinajstić information content (AvgIpc) is 2.76. The van der Waals surface area contributed by atoms with Crippen LogP contribution < -0.4 is 0 Å². The molecule has 1 heterocycles. The molecule has 0 aliphatic heterocycles. The van der Waals surface area contributed by atoms with Crippen LogP contribution in [0.5, 0.6) is 0 Å². The quantitative estimate of drug-likeness (QED) is 0.825. The predicted octanol–water partition coefficient (Wildman–Crippen LogP) is 1.56. The second kappa shape index (κ2) is 3.79. The molecule has 14 heavy (non-hydrogen) atoms. The third-order valence-corrected chi connectivity index (χ3v) is 3.55. The summed E-state index contributed by atoms with van der Waals surface area (Å²) in [6, 6.07) is 0. The van der Waals surface area contributed by atoms with E-state index in [0.29, 0.717) is 19.3 Å². The van der Waals surface area contributed by atoms with E-state index in [1.807, 2.05) is 0 Å². The van der Waals surface area contributed by atoms with E-state index in [1.165, 1.54) is 11.3 Å². The zero-order valence-corrected chi connectivity index (χ0v) is 8.72. The summed E-state index contributed by atoms with van der Waals surface area (Å²) in [5, 5.41) is 9.99. The molecule has 0 atom stereocenters. The summed E-state index contributed by atoms with van der Waals surface area (Å²) in [4.78, 5) is 16.6. The SMILES string of the molecule is O=C(Cc1cncs1)C1(O)CCCC1. The molecule has 0 amide bonds. The van der Waals surface area contributed by atoms with Crippen molar-refractivity contribution in [1.82, 2.24) is 4.98 Å². The zero-order valence-electron chi connectivity index (χ0n) is 7.90. The summed E-state index contributed by atoms with van der Waals surface area (Å²) in [6.07, 6.45) is 5.22. The Labute approximate surface area is 86.8 Å². The van der Waals surface area contributed by atoms with Crippen LogP contribution in [0.25, 0.3) is 0 Å². The van der Waals surface area contributed by atoms with Crippen molar-refractivity contribution in [1.29, 1.82) is 0 Å². The van der Waals surface area contributed by atoms with Gasteiger partial charge in [-0.3, -0.25) is 9.78 Å². The number of ketones is 1. The highest BCUT2D eigenvalue weighted by atomic mass is 32.1. The molecule has 1 N–H and O–H groups in total. The molecule has 1 fully saturated rings. The minimum absolute atomic E-state index is 0.0424. The minimum Gasteiger partial charge on any atom is -0.382 e. The van der Waals surface area contributed by atoms with Gasteiger partial charge in [-0.15, -0.1) is 11.3 Å². The maximum atomic E-state index is 11.8. The maximum absolute atomic E-state index is 11.8. The van der Waals surface area contributed by atoms with Crippen molar-refractivity contribution in [3.63, 3.8) is 0 Å². The van der Waals surface area contributed by atoms with Crippen LogP contribution in [0.15, 0.2) is 11.7 Å². The highest BCUT2D eigenvalue weighted by Crippen LogP contribution is 2.31. The van der Waals surface area contributed by atoms with Gasteiger partial charge in [-0.05, 0) is 25.7 Å². The smallest absolute Gasteiger partial charge is 0.169 e. The summed E-state index contributed by atoms with van der Waals surface area (Å²) in [5.74, 6) is -0.0424. The summed E-state index contributed by atoms with van der Waals surface area (Å²) < 4.78 is 0. The fourth-order valence-corrected chi connectivity index (χ4v) is 2.48. The van der Waals surface area contributed by atoms with Gasteiger partial charge in [-0.25, -0.2) is 0 Å². The lowest BCUT2D eigenvalue weighted by Crippen LogP contribution is -2.36. The Morgan fingerprint density at radius 3 is 2.86 bits per heavy atom. The number of aromatic nitrogens is 1. The Kier molecular flexibility index (Phi) is 2.65. The van der Waals surface area contributed by atoms with Crippen LogP contribution in [0.4, 0.5) is 0 Å². The normalized spacial score (nSPS) is 19.8. The third kappa shape index (κ3) is 1.86. The standard InChI is InChI=1S/C10H13NO2S/c12-9(5-8-6-11-7-14-8)10(13)3-1-2-4-10/h6-7,13H,1-5H2. The van der Waals surface area contributed by atoms with E-state index in [0.717, 1.165) is 17.7 Å². The van der Waals surface area contributed by atoms with Crippen LogP contribution >= 0.6 is 11.3 Å². The molecule has 1 aliphatic rings. The van der Waals surface area contributed by atoms with Crippen molar-refractivity contribution in [3.8, 4) is 0 Å². The number of rotatable bonds is 3.